The number of benzene rings is 2. The van der Waals surface area contributed by atoms with Gasteiger partial charge in [-0.05, 0) is 67.9 Å². The average molecular weight is 539 g/mol. The molecule has 0 unspecified atom stereocenters. The number of carbonyl (C=O) groups is 1. The fourth-order valence-corrected chi connectivity index (χ4v) is 6.13. The number of para-hydroxylation sites is 1. The molecule has 8 heteroatoms. The van der Waals surface area contributed by atoms with Crippen molar-refractivity contribution in [3.8, 4) is 5.75 Å². The van der Waals surface area contributed by atoms with Crippen LogP contribution >= 0.6 is 15.9 Å². The molecule has 1 aliphatic carbocycles. The van der Waals surface area contributed by atoms with E-state index in [2.05, 4.69) is 41.4 Å². The molecular formula is C25H32BrNO5S. The number of ether oxygens (including phenoxy) is 2. The number of anilines is 1. The monoisotopic (exact) mass is 537 g/mol. The maximum Gasteiger partial charge on any atom is 0.340 e. The average Bonchev–Trinajstić information content (AvgIpc) is 2.75. The quantitative estimate of drug-likeness (QED) is 0.401. The van der Waals surface area contributed by atoms with E-state index in [1.54, 1.807) is 43.3 Å². The molecule has 2 aromatic rings. The highest BCUT2D eigenvalue weighted by Gasteiger charge is 2.34. The molecule has 0 heterocycles. The topological polar surface area (TPSA) is 81.7 Å². The van der Waals surface area contributed by atoms with Crippen LogP contribution in [0.4, 0.5) is 5.69 Å². The van der Waals surface area contributed by atoms with Gasteiger partial charge in [-0.1, -0.05) is 55.3 Å². The highest BCUT2D eigenvalue weighted by Crippen LogP contribution is 2.36. The van der Waals surface area contributed by atoms with Crippen LogP contribution in [-0.4, -0.2) is 27.1 Å². The van der Waals surface area contributed by atoms with Crippen molar-refractivity contribution in [1.29, 1.82) is 0 Å². The molecule has 3 atom stereocenters. The summed E-state index contributed by atoms with van der Waals surface area (Å²) in [5, 5.41) is 0. The Bertz CT molecular complexity index is 1090. The van der Waals surface area contributed by atoms with Crippen LogP contribution in [0.5, 0.6) is 5.75 Å². The van der Waals surface area contributed by atoms with E-state index < -0.39 is 16.0 Å². The van der Waals surface area contributed by atoms with Crippen LogP contribution in [0.3, 0.4) is 0 Å². The smallest absolute Gasteiger partial charge is 0.340 e. The lowest BCUT2D eigenvalue weighted by atomic mass is 9.75. The van der Waals surface area contributed by atoms with Crippen molar-refractivity contribution in [2.75, 3.05) is 11.3 Å². The molecule has 33 heavy (non-hydrogen) atoms. The Kier molecular flexibility index (Phi) is 8.45. The summed E-state index contributed by atoms with van der Waals surface area (Å²) in [5.41, 5.74) is 0.365. The van der Waals surface area contributed by atoms with E-state index in [0.29, 0.717) is 28.8 Å². The summed E-state index contributed by atoms with van der Waals surface area (Å²) in [6.07, 6.45) is 2.79. The zero-order valence-corrected chi connectivity index (χ0v) is 21.9. The Morgan fingerprint density at radius 2 is 1.91 bits per heavy atom. The van der Waals surface area contributed by atoms with Crippen molar-refractivity contribution in [3.63, 3.8) is 0 Å². The van der Waals surface area contributed by atoms with Crippen molar-refractivity contribution in [2.24, 2.45) is 17.8 Å². The van der Waals surface area contributed by atoms with Crippen molar-refractivity contribution in [2.45, 2.75) is 58.0 Å². The second-order valence-electron chi connectivity index (χ2n) is 8.95. The summed E-state index contributed by atoms with van der Waals surface area (Å²) in [7, 11) is -4.02. The summed E-state index contributed by atoms with van der Waals surface area (Å²) in [5.74, 6) is 0.906. The molecule has 0 saturated heterocycles. The van der Waals surface area contributed by atoms with Crippen LogP contribution in [0.25, 0.3) is 0 Å². The number of halogens is 1. The Balaban J connectivity index is 1.88. The third-order valence-electron chi connectivity index (χ3n) is 6.11. The van der Waals surface area contributed by atoms with Gasteiger partial charge in [0.05, 0.1) is 17.9 Å². The van der Waals surface area contributed by atoms with Gasteiger partial charge in [0.2, 0.25) is 0 Å². The van der Waals surface area contributed by atoms with E-state index >= 15 is 0 Å². The molecule has 1 fully saturated rings. The molecule has 0 bridgehead atoms. The van der Waals surface area contributed by atoms with Crippen molar-refractivity contribution in [1.82, 2.24) is 0 Å². The number of nitrogens with one attached hydrogen (secondary N) is 1. The van der Waals surface area contributed by atoms with Crippen LogP contribution < -0.4 is 9.46 Å². The molecule has 1 saturated carbocycles. The molecular weight excluding hydrogens is 506 g/mol. The van der Waals surface area contributed by atoms with E-state index in [1.165, 1.54) is 6.07 Å². The number of esters is 1. The van der Waals surface area contributed by atoms with Crippen LogP contribution in [-0.2, 0) is 14.8 Å². The predicted molar refractivity (Wildman–Crippen MR) is 133 cm³/mol. The summed E-state index contributed by atoms with van der Waals surface area (Å²) in [4.78, 5) is 13.2. The minimum atomic E-state index is -4.02. The molecule has 0 aliphatic heterocycles. The van der Waals surface area contributed by atoms with Crippen molar-refractivity contribution in [3.05, 3.63) is 52.5 Å². The zero-order valence-electron chi connectivity index (χ0n) is 19.5. The van der Waals surface area contributed by atoms with Crippen molar-refractivity contribution < 1.29 is 22.7 Å². The van der Waals surface area contributed by atoms with Gasteiger partial charge in [0.25, 0.3) is 10.0 Å². The van der Waals surface area contributed by atoms with Crippen LogP contribution in [0.1, 0.15) is 57.3 Å². The van der Waals surface area contributed by atoms with Gasteiger partial charge < -0.3 is 9.47 Å². The first-order valence-electron chi connectivity index (χ1n) is 11.4. The number of hydrogen-bond acceptors (Lipinski definition) is 5. The predicted octanol–water partition coefficient (Wildman–Crippen LogP) is 6.27. The Hall–Kier alpha value is -2.06. The molecule has 2 aromatic carbocycles. The minimum absolute atomic E-state index is 0.0112. The first-order valence-corrected chi connectivity index (χ1v) is 13.6. The number of hydrogen-bond donors (Lipinski definition) is 1. The van der Waals surface area contributed by atoms with Gasteiger partial charge in [-0.3, -0.25) is 4.72 Å². The number of carbonyl (C=O) groups excluding carboxylic acids is 1. The number of rotatable bonds is 8. The molecule has 180 valence electrons. The van der Waals surface area contributed by atoms with Crippen LogP contribution in [0.15, 0.2) is 51.8 Å². The largest absolute Gasteiger partial charge is 0.492 e. The lowest BCUT2D eigenvalue weighted by Gasteiger charge is -2.36. The lowest BCUT2D eigenvalue weighted by Crippen LogP contribution is -2.36. The van der Waals surface area contributed by atoms with Crippen LogP contribution in [0, 0.1) is 17.8 Å². The molecule has 1 N–H and O–H groups in total. The Morgan fingerprint density at radius 3 is 2.61 bits per heavy atom. The summed E-state index contributed by atoms with van der Waals surface area (Å²) in [6, 6.07) is 11.3. The van der Waals surface area contributed by atoms with E-state index in [4.69, 9.17) is 9.47 Å². The zero-order chi connectivity index (χ0) is 24.2. The summed E-state index contributed by atoms with van der Waals surface area (Å²) < 4.78 is 41.1. The van der Waals surface area contributed by atoms with Gasteiger partial charge >= 0.3 is 5.97 Å². The van der Waals surface area contributed by atoms with Gasteiger partial charge in [0.1, 0.15) is 16.7 Å². The van der Waals surface area contributed by atoms with Crippen LogP contribution in [0.2, 0.25) is 0 Å². The normalized spacial score (nSPS) is 21.0. The molecule has 0 amide bonds. The van der Waals surface area contributed by atoms with Gasteiger partial charge in [-0.2, -0.15) is 0 Å². The molecule has 0 spiro atoms. The highest BCUT2D eigenvalue weighted by atomic mass is 79.9. The number of sulfonamides is 1. The van der Waals surface area contributed by atoms with E-state index in [-0.39, 0.29) is 28.0 Å². The summed E-state index contributed by atoms with van der Waals surface area (Å²) in [6.45, 7) is 8.58. The van der Waals surface area contributed by atoms with E-state index in [0.717, 1.165) is 19.3 Å². The first-order chi connectivity index (χ1) is 15.6. The fourth-order valence-electron chi connectivity index (χ4n) is 4.37. The van der Waals surface area contributed by atoms with Gasteiger partial charge in [0, 0.05) is 4.47 Å². The molecule has 6 nitrogen and oxygen atoms in total. The molecule has 0 radical (unpaired) electrons. The van der Waals surface area contributed by atoms with Gasteiger partial charge in [-0.15, -0.1) is 0 Å². The van der Waals surface area contributed by atoms with E-state index in [1.807, 2.05) is 0 Å². The standard InChI is InChI=1S/C25H32BrNO5S/c1-5-31-22-13-11-18(26)15-24(22)33(29,30)27-21-9-7-6-8-20(21)25(28)32-23-14-17(4)10-12-19(23)16(2)3/h6-9,11,13,15-17,19,23,27H,5,10,12,14H2,1-4H3/t17-,19-,23+/m0/s1. The van der Waals surface area contributed by atoms with Crippen molar-refractivity contribution >= 4 is 37.6 Å². The molecule has 3 rings (SSSR count). The minimum Gasteiger partial charge on any atom is -0.492 e. The third kappa shape index (κ3) is 6.29. The highest BCUT2D eigenvalue weighted by molar-refractivity contribution is 9.10. The Morgan fingerprint density at radius 1 is 1.18 bits per heavy atom. The summed E-state index contributed by atoms with van der Waals surface area (Å²) >= 11 is 3.32. The molecule has 0 aromatic heterocycles. The van der Waals surface area contributed by atoms with Gasteiger partial charge in [-0.25, -0.2) is 13.2 Å². The SMILES string of the molecule is CCOc1ccc(Br)cc1S(=O)(=O)Nc1ccccc1C(=O)O[C@@H]1C[C@@H](C)CC[C@H]1C(C)C. The Labute approximate surface area is 205 Å². The lowest BCUT2D eigenvalue weighted by molar-refractivity contribution is -0.0173. The van der Waals surface area contributed by atoms with Gasteiger partial charge in [0.15, 0.2) is 0 Å². The first kappa shape index (κ1) is 25.6. The second-order valence-corrected chi connectivity index (χ2v) is 11.5. The third-order valence-corrected chi connectivity index (χ3v) is 7.99. The maximum atomic E-state index is 13.2. The molecule has 1 aliphatic rings. The maximum absolute atomic E-state index is 13.2. The van der Waals surface area contributed by atoms with E-state index in [9.17, 15) is 13.2 Å². The second kappa shape index (κ2) is 10.9. The fraction of sp³-hybridized carbons (Fsp3) is 0.480.